The Labute approximate surface area is 124 Å². The van der Waals surface area contributed by atoms with Crippen LogP contribution in [0.15, 0.2) is 34.9 Å². The van der Waals surface area contributed by atoms with E-state index < -0.39 is 0 Å². The first-order valence-electron chi connectivity index (χ1n) is 6.22. The number of halogens is 1. The molecule has 0 bridgehead atoms. The van der Waals surface area contributed by atoms with Crippen molar-refractivity contribution in [1.29, 1.82) is 0 Å². The van der Waals surface area contributed by atoms with Crippen LogP contribution in [0.5, 0.6) is 0 Å². The molecule has 0 spiro atoms. The number of nitrogens with zero attached hydrogens (tertiary/aromatic N) is 1. The number of carbonyl (C=O) groups excluding carboxylic acids is 1. The third-order valence-electron chi connectivity index (χ3n) is 2.68. The zero-order valence-corrected chi connectivity index (χ0v) is 12.1. The largest absolute Gasteiger partial charge is 0.441 e. The van der Waals surface area contributed by atoms with Crippen LogP contribution in [0.3, 0.4) is 0 Å². The fourth-order valence-electron chi connectivity index (χ4n) is 1.70. The van der Waals surface area contributed by atoms with E-state index in [0.29, 0.717) is 25.3 Å². The number of oxazole rings is 1. The summed E-state index contributed by atoms with van der Waals surface area (Å²) >= 11 is 0. The molecule has 2 rings (SSSR count). The first kappa shape index (κ1) is 16.2. The van der Waals surface area contributed by atoms with E-state index in [9.17, 15) is 4.79 Å². The topological polar surface area (TPSA) is 81.2 Å². The van der Waals surface area contributed by atoms with Gasteiger partial charge in [-0.1, -0.05) is 0 Å². The predicted molar refractivity (Wildman–Crippen MR) is 80.8 cm³/mol. The second-order valence-electron chi connectivity index (χ2n) is 4.26. The monoisotopic (exact) mass is 295 g/mol. The molecular formula is C14H18ClN3O2. The van der Waals surface area contributed by atoms with Gasteiger partial charge in [0.1, 0.15) is 0 Å². The van der Waals surface area contributed by atoms with Gasteiger partial charge >= 0.3 is 0 Å². The molecule has 1 aromatic carbocycles. The van der Waals surface area contributed by atoms with Crippen LogP contribution in [-0.4, -0.2) is 17.4 Å². The summed E-state index contributed by atoms with van der Waals surface area (Å²) in [7, 11) is 0. The van der Waals surface area contributed by atoms with Gasteiger partial charge in [0.25, 0.3) is 0 Å². The first-order valence-corrected chi connectivity index (χ1v) is 6.22. The highest BCUT2D eigenvalue weighted by molar-refractivity contribution is 5.90. The smallest absolute Gasteiger partial charge is 0.224 e. The molecule has 20 heavy (non-hydrogen) atoms. The van der Waals surface area contributed by atoms with Crippen LogP contribution in [0.1, 0.15) is 18.7 Å². The Hall–Kier alpha value is -1.85. The third kappa shape index (κ3) is 4.36. The number of carbonyl (C=O) groups is 1. The van der Waals surface area contributed by atoms with Crippen LogP contribution in [0.2, 0.25) is 0 Å². The van der Waals surface area contributed by atoms with Crippen molar-refractivity contribution in [3.8, 4) is 11.3 Å². The number of nitrogens with one attached hydrogen (secondary N) is 1. The van der Waals surface area contributed by atoms with E-state index in [4.69, 9.17) is 10.2 Å². The Morgan fingerprint density at radius 3 is 2.60 bits per heavy atom. The van der Waals surface area contributed by atoms with Gasteiger partial charge < -0.3 is 15.5 Å². The van der Waals surface area contributed by atoms with Gasteiger partial charge in [0.2, 0.25) is 5.91 Å². The molecule has 1 heterocycles. The lowest BCUT2D eigenvalue weighted by Crippen LogP contribution is -2.13. The summed E-state index contributed by atoms with van der Waals surface area (Å²) in [5.74, 6) is 1.33. The zero-order valence-electron chi connectivity index (χ0n) is 11.3. The van der Waals surface area contributed by atoms with Crippen molar-refractivity contribution in [2.24, 2.45) is 5.73 Å². The molecular weight excluding hydrogens is 278 g/mol. The molecule has 0 radical (unpaired) electrons. The van der Waals surface area contributed by atoms with Crippen LogP contribution >= 0.6 is 12.4 Å². The van der Waals surface area contributed by atoms with Gasteiger partial charge in [-0.3, -0.25) is 4.79 Å². The van der Waals surface area contributed by atoms with E-state index >= 15 is 0 Å². The molecule has 5 nitrogen and oxygen atoms in total. The van der Waals surface area contributed by atoms with Crippen molar-refractivity contribution in [3.05, 3.63) is 36.4 Å². The first-order chi connectivity index (χ1) is 9.19. The van der Waals surface area contributed by atoms with E-state index in [2.05, 4.69) is 10.3 Å². The number of anilines is 1. The van der Waals surface area contributed by atoms with E-state index in [1.54, 1.807) is 13.1 Å². The molecule has 1 aromatic heterocycles. The van der Waals surface area contributed by atoms with Crippen molar-refractivity contribution in [1.82, 2.24) is 4.98 Å². The average molecular weight is 296 g/mol. The number of nitrogens with two attached hydrogens (primary N) is 1. The number of hydrogen-bond acceptors (Lipinski definition) is 4. The molecule has 0 unspecified atom stereocenters. The maximum atomic E-state index is 11.5. The van der Waals surface area contributed by atoms with Crippen molar-refractivity contribution in [2.45, 2.75) is 19.8 Å². The molecule has 0 atom stereocenters. The molecule has 108 valence electrons. The quantitative estimate of drug-likeness (QED) is 0.888. The molecule has 6 heteroatoms. The lowest BCUT2D eigenvalue weighted by Gasteiger charge is -2.05. The molecule has 3 N–H and O–H groups in total. The molecule has 2 aromatic rings. The summed E-state index contributed by atoms with van der Waals surface area (Å²) in [6, 6.07) is 7.46. The zero-order chi connectivity index (χ0) is 13.7. The number of aryl methyl sites for hydroxylation is 1. The van der Waals surface area contributed by atoms with E-state index in [1.165, 1.54) is 0 Å². The lowest BCUT2D eigenvalue weighted by molar-refractivity contribution is -0.116. The molecule has 1 amide bonds. The summed E-state index contributed by atoms with van der Waals surface area (Å²) in [5.41, 5.74) is 7.06. The van der Waals surface area contributed by atoms with Crippen molar-refractivity contribution in [3.63, 3.8) is 0 Å². The highest BCUT2D eigenvalue weighted by Gasteiger charge is 2.05. The third-order valence-corrected chi connectivity index (χ3v) is 2.68. The second-order valence-corrected chi connectivity index (χ2v) is 4.26. The van der Waals surface area contributed by atoms with Crippen molar-refractivity contribution in [2.75, 3.05) is 11.9 Å². The SMILES string of the molecule is Cc1ncc(-c2ccc(NC(=O)CCCN)cc2)o1.Cl. The lowest BCUT2D eigenvalue weighted by atomic mass is 10.1. The minimum Gasteiger partial charge on any atom is -0.441 e. The second kappa shape index (κ2) is 7.67. The fourth-order valence-corrected chi connectivity index (χ4v) is 1.70. The summed E-state index contributed by atoms with van der Waals surface area (Å²) in [4.78, 5) is 15.6. The highest BCUT2D eigenvalue weighted by atomic mass is 35.5. The van der Waals surface area contributed by atoms with E-state index in [1.807, 2.05) is 24.3 Å². The molecule has 0 saturated heterocycles. The molecule has 0 aliphatic heterocycles. The minimum atomic E-state index is -0.0197. The number of aromatic nitrogens is 1. The van der Waals surface area contributed by atoms with Crippen LogP contribution in [0.4, 0.5) is 5.69 Å². The van der Waals surface area contributed by atoms with Gasteiger partial charge in [-0.15, -0.1) is 12.4 Å². The van der Waals surface area contributed by atoms with Gasteiger partial charge in [-0.05, 0) is 37.2 Å². The number of amides is 1. The van der Waals surface area contributed by atoms with Gasteiger partial charge in [-0.25, -0.2) is 4.98 Å². The molecule has 0 saturated carbocycles. The van der Waals surface area contributed by atoms with Crippen LogP contribution in [0, 0.1) is 6.92 Å². The van der Waals surface area contributed by atoms with Gasteiger partial charge in [0.05, 0.1) is 6.20 Å². The van der Waals surface area contributed by atoms with E-state index in [0.717, 1.165) is 17.0 Å². The minimum absolute atomic E-state index is 0. The Morgan fingerprint density at radius 1 is 1.35 bits per heavy atom. The Kier molecular flexibility index (Phi) is 6.21. The molecule has 0 fully saturated rings. The predicted octanol–water partition coefficient (Wildman–Crippen LogP) is 2.75. The van der Waals surface area contributed by atoms with Gasteiger partial charge in [0.15, 0.2) is 11.7 Å². The fraction of sp³-hybridized carbons (Fsp3) is 0.286. The summed E-state index contributed by atoms with van der Waals surface area (Å²) in [6.07, 6.45) is 2.82. The Bertz CT molecular complexity index is 552. The van der Waals surface area contributed by atoms with Crippen molar-refractivity contribution < 1.29 is 9.21 Å². The Morgan fingerprint density at radius 2 is 2.05 bits per heavy atom. The van der Waals surface area contributed by atoms with Crippen LogP contribution < -0.4 is 11.1 Å². The molecule has 0 aliphatic carbocycles. The number of benzene rings is 1. The van der Waals surface area contributed by atoms with Crippen molar-refractivity contribution >= 4 is 24.0 Å². The van der Waals surface area contributed by atoms with Gasteiger partial charge in [0, 0.05) is 24.6 Å². The van der Waals surface area contributed by atoms with Crippen LogP contribution in [0.25, 0.3) is 11.3 Å². The number of hydrogen-bond donors (Lipinski definition) is 2. The van der Waals surface area contributed by atoms with E-state index in [-0.39, 0.29) is 18.3 Å². The standard InChI is InChI=1S/C14H17N3O2.ClH/c1-10-16-9-13(19-10)11-4-6-12(7-5-11)17-14(18)3-2-8-15;/h4-7,9H,2-3,8,15H2,1H3,(H,17,18);1H. The van der Waals surface area contributed by atoms with Gasteiger partial charge in [-0.2, -0.15) is 0 Å². The summed E-state index contributed by atoms with van der Waals surface area (Å²) < 4.78 is 5.43. The molecule has 0 aliphatic rings. The maximum absolute atomic E-state index is 11.5. The maximum Gasteiger partial charge on any atom is 0.224 e. The Balaban J connectivity index is 0.00000200. The highest BCUT2D eigenvalue weighted by Crippen LogP contribution is 2.22. The summed E-state index contributed by atoms with van der Waals surface area (Å²) in [5, 5.41) is 2.82. The summed E-state index contributed by atoms with van der Waals surface area (Å²) in [6.45, 7) is 2.33. The van der Waals surface area contributed by atoms with Crippen LogP contribution in [-0.2, 0) is 4.79 Å². The average Bonchev–Trinajstić information content (AvgIpc) is 2.84. The normalized spacial score (nSPS) is 9.90. The number of rotatable bonds is 5.